The predicted octanol–water partition coefficient (Wildman–Crippen LogP) is 2.97. The second kappa shape index (κ2) is 7.29. The minimum absolute atomic E-state index is 0.249. The third kappa shape index (κ3) is 4.33. The maximum absolute atomic E-state index is 12.6. The van der Waals surface area contributed by atoms with E-state index in [1.165, 1.54) is 4.31 Å². The summed E-state index contributed by atoms with van der Waals surface area (Å²) in [4.78, 5) is 0. The molecule has 1 unspecified atom stereocenters. The Hall–Kier alpha value is -0.330. The lowest BCUT2D eigenvalue weighted by molar-refractivity contribution is 0.265. The molecule has 0 aromatic heterocycles. The van der Waals surface area contributed by atoms with Crippen molar-refractivity contribution in [1.29, 1.82) is 0 Å². The van der Waals surface area contributed by atoms with Gasteiger partial charge in [0.15, 0.2) is 0 Å². The highest BCUT2D eigenvalue weighted by Gasteiger charge is 2.31. The number of alkyl halides is 1. The summed E-state index contributed by atoms with van der Waals surface area (Å²) in [5.74, 6) is 0.756. The van der Waals surface area contributed by atoms with Crippen molar-refractivity contribution in [2.24, 2.45) is 5.92 Å². The van der Waals surface area contributed by atoms with E-state index in [4.69, 9.17) is 23.2 Å². The standard InChI is InChI=1S/C14H20Cl2N2O2S/c1-17(10-12-4-6-14(16)7-5-12)21(19,20)18-8-2-3-13(9-15)11-18/h4-7,13H,2-3,8-11H2,1H3. The van der Waals surface area contributed by atoms with Crippen LogP contribution >= 0.6 is 23.2 Å². The molecule has 0 amide bonds. The summed E-state index contributed by atoms with van der Waals surface area (Å²) in [5.41, 5.74) is 0.913. The Kier molecular flexibility index (Phi) is 5.91. The molecule has 0 aliphatic carbocycles. The van der Waals surface area contributed by atoms with Crippen LogP contribution in [0.25, 0.3) is 0 Å². The Labute approximate surface area is 136 Å². The van der Waals surface area contributed by atoms with Crippen LogP contribution in [0.5, 0.6) is 0 Å². The molecule has 0 spiro atoms. The summed E-state index contributed by atoms with van der Waals surface area (Å²) in [7, 11) is -1.83. The lowest BCUT2D eigenvalue weighted by Gasteiger charge is -2.33. The highest BCUT2D eigenvalue weighted by molar-refractivity contribution is 7.86. The van der Waals surface area contributed by atoms with Crippen LogP contribution in [0.1, 0.15) is 18.4 Å². The summed E-state index contributed by atoms with van der Waals surface area (Å²) in [5, 5.41) is 0.644. The second-order valence-corrected chi connectivity index (χ2v) is 8.19. The van der Waals surface area contributed by atoms with E-state index in [0.29, 0.717) is 30.5 Å². The van der Waals surface area contributed by atoms with Crippen molar-refractivity contribution in [1.82, 2.24) is 8.61 Å². The van der Waals surface area contributed by atoms with Gasteiger partial charge in [-0.1, -0.05) is 23.7 Å². The number of halogens is 2. The van der Waals surface area contributed by atoms with E-state index in [0.717, 1.165) is 18.4 Å². The van der Waals surface area contributed by atoms with Crippen LogP contribution in [0.3, 0.4) is 0 Å². The quantitative estimate of drug-likeness (QED) is 0.766. The summed E-state index contributed by atoms with van der Waals surface area (Å²) in [6.07, 6.45) is 1.86. The zero-order valence-corrected chi connectivity index (χ0v) is 14.3. The van der Waals surface area contributed by atoms with Crippen LogP contribution in [0.4, 0.5) is 0 Å². The SMILES string of the molecule is CN(Cc1ccc(Cl)cc1)S(=O)(=O)N1CCCC(CCl)C1. The summed E-state index contributed by atoms with van der Waals surface area (Å²) in [6, 6.07) is 7.21. The van der Waals surface area contributed by atoms with Crippen LogP contribution in [0, 0.1) is 5.92 Å². The molecule has 1 aliphatic heterocycles. The molecular weight excluding hydrogens is 331 g/mol. The average molecular weight is 351 g/mol. The molecule has 0 N–H and O–H groups in total. The van der Waals surface area contributed by atoms with Crippen molar-refractivity contribution < 1.29 is 8.42 Å². The molecule has 21 heavy (non-hydrogen) atoms. The van der Waals surface area contributed by atoms with Gasteiger partial charge in [0, 0.05) is 37.6 Å². The molecule has 1 heterocycles. The highest BCUT2D eigenvalue weighted by atomic mass is 35.5. The smallest absolute Gasteiger partial charge is 0.195 e. The fraction of sp³-hybridized carbons (Fsp3) is 0.571. The molecule has 1 atom stereocenters. The normalized spacial score (nSPS) is 20.9. The highest BCUT2D eigenvalue weighted by Crippen LogP contribution is 2.22. The van der Waals surface area contributed by atoms with E-state index < -0.39 is 10.2 Å². The zero-order valence-electron chi connectivity index (χ0n) is 12.0. The monoisotopic (exact) mass is 350 g/mol. The van der Waals surface area contributed by atoms with Crippen molar-refractivity contribution >= 4 is 33.4 Å². The molecule has 2 rings (SSSR count). The first kappa shape index (κ1) is 17.0. The molecule has 0 saturated carbocycles. The Morgan fingerprint density at radius 3 is 2.62 bits per heavy atom. The molecule has 1 aromatic rings. The van der Waals surface area contributed by atoms with Gasteiger partial charge in [-0.25, -0.2) is 0 Å². The molecule has 1 saturated heterocycles. The number of benzene rings is 1. The fourth-order valence-electron chi connectivity index (χ4n) is 2.49. The lowest BCUT2D eigenvalue weighted by atomic mass is 10.0. The zero-order chi connectivity index (χ0) is 15.5. The van der Waals surface area contributed by atoms with Gasteiger partial charge < -0.3 is 0 Å². The molecule has 0 radical (unpaired) electrons. The average Bonchev–Trinajstić information content (AvgIpc) is 2.49. The largest absolute Gasteiger partial charge is 0.282 e. The summed E-state index contributed by atoms with van der Waals surface area (Å²) in [6.45, 7) is 1.42. The maximum Gasteiger partial charge on any atom is 0.282 e. The number of hydrogen-bond acceptors (Lipinski definition) is 2. The molecular formula is C14H20Cl2N2O2S. The predicted molar refractivity (Wildman–Crippen MR) is 86.9 cm³/mol. The van der Waals surface area contributed by atoms with Gasteiger partial charge in [0.05, 0.1) is 0 Å². The minimum atomic E-state index is -3.44. The first-order chi connectivity index (χ1) is 9.93. The fourth-order valence-corrected chi connectivity index (χ4v) is 4.33. The number of hydrogen-bond donors (Lipinski definition) is 0. The van der Waals surface area contributed by atoms with Crippen LogP contribution in [-0.2, 0) is 16.8 Å². The third-order valence-corrected chi connectivity index (χ3v) is 6.33. The summed E-state index contributed by atoms with van der Waals surface area (Å²) >= 11 is 11.7. The molecule has 1 aliphatic rings. The van der Waals surface area contributed by atoms with Crippen molar-refractivity contribution in [2.45, 2.75) is 19.4 Å². The van der Waals surface area contributed by atoms with Crippen LogP contribution in [0.15, 0.2) is 24.3 Å². The van der Waals surface area contributed by atoms with E-state index in [1.807, 2.05) is 12.1 Å². The Morgan fingerprint density at radius 1 is 1.33 bits per heavy atom. The van der Waals surface area contributed by atoms with Gasteiger partial charge in [-0.3, -0.25) is 0 Å². The van der Waals surface area contributed by atoms with Crippen molar-refractivity contribution in [3.8, 4) is 0 Å². The molecule has 7 heteroatoms. The van der Waals surface area contributed by atoms with Crippen molar-refractivity contribution in [3.63, 3.8) is 0 Å². The first-order valence-corrected chi connectivity index (χ1v) is 9.26. The van der Waals surface area contributed by atoms with Gasteiger partial charge in [0.25, 0.3) is 10.2 Å². The topological polar surface area (TPSA) is 40.6 Å². The van der Waals surface area contributed by atoms with E-state index in [2.05, 4.69) is 0 Å². The van der Waals surface area contributed by atoms with Crippen LogP contribution < -0.4 is 0 Å². The van der Waals surface area contributed by atoms with Gasteiger partial charge >= 0.3 is 0 Å². The molecule has 0 bridgehead atoms. The first-order valence-electron chi connectivity index (χ1n) is 6.95. The number of rotatable bonds is 5. The Bertz CT molecular complexity index is 563. The van der Waals surface area contributed by atoms with Gasteiger partial charge in [0.2, 0.25) is 0 Å². The van der Waals surface area contributed by atoms with Crippen molar-refractivity contribution in [2.75, 3.05) is 26.0 Å². The summed E-state index contributed by atoms with van der Waals surface area (Å²) < 4.78 is 28.1. The van der Waals surface area contributed by atoms with Crippen LogP contribution in [0.2, 0.25) is 5.02 Å². The van der Waals surface area contributed by atoms with E-state index in [9.17, 15) is 8.42 Å². The second-order valence-electron chi connectivity index (χ2n) is 5.41. The Morgan fingerprint density at radius 2 is 2.00 bits per heavy atom. The molecule has 1 aromatic carbocycles. The third-order valence-electron chi connectivity index (χ3n) is 3.74. The number of nitrogens with zero attached hydrogens (tertiary/aromatic N) is 2. The molecule has 4 nitrogen and oxygen atoms in total. The van der Waals surface area contributed by atoms with Gasteiger partial charge in [-0.05, 0) is 36.5 Å². The van der Waals surface area contributed by atoms with E-state index in [-0.39, 0.29) is 5.92 Å². The van der Waals surface area contributed by atoms with Gasteiger partial charge in [-0.2, -0.15) is 17.0 Å². The van der Waals surface area contributed by atoms with Gasteiger partial charge in [-0.15, -0.1) is 11.6 Å². The maximum atomic E-state index is 12.6. The van der Waals surface area contributed by atoms with Crippen molar-refractivity contribution in [3.05, 3.63) is 34.9 Å². The van der Waals surface area contributed by atoms with Gasteiger partial charge in [0.1, 0.15) is 0 Å². The van der Waals surface area contributed by atoms with E-state index in [1.54, 1.807) is 23.5 Å². The Balaban J connectivity index is 2.05. The van der Waals surface area contributed by atoms with E-state index >= 15 is 0 Å². The minimum Gasteiger partial charge on any atom is -0.195 e. The number of piperidine rings is 1. The molecule has 118 valence electrons. The molecule has 1 fully saturated rings. The van der Waals surface area contributed by atoms with Crippen LogP contribution in [-0.4, -0.2) is 43.0 Å². The lowest BCUT2D eigenvalue weighted by Crippen LogP contribution is -2.46.